The summed E-state index contributed by atoms with van der Waals surface area (Å²) < 4.78 is 1.89. The van der Waals surface area contributed by atoms with Crippen LogP contribution in [0.5, 0.6) is 0 Å². The molecule has 0 aromatic carbocycles. The van der Waals surface area contributed by atoms with Crippen LogP contribution < -0.4 is 0 Å². The van der Waals surface area contributed by atoms with Gasteiger partial charge in [0.1, 0.15) is 5.65 Å². The first-order valence-electron chi connectivity index (χ1n) is 5.37. The summed E-state index contributed by atoms with van der Waals surface area (Å²) in [5.41, 5.74) is 3.32. The van der Waals surface area contributed by atoms with Gasteiger partial charge in [-0.2, -0.15) is 0 Å². The molecule has 3 aromatic rings. The topological polar surface area (TPSA) is 50.4 Å². The molecule has 17 heavy (non-hydrogen) atoms. The van der Waals surface area contributed by atoms with Crippen molar-refractivity contribution in [3.05, 3.63) is 54.6 Å². The van der Waals surface area contributed by atoms with Crippen LogP contribution in [-0.2, 0) is 6.61 Å². The van der Waals surface area contributed by atoms with Gasteiger partial charge in [-0.05, 0) is 24.3 Å². The minimum Gasteiger partial charge on any atom is -0.390 e. The number of nitrogens with zero attached hydrogens (tertiary/aromatic N) is 3. The molecule has 84 valence electrons. The lowest BCUT2D eigenvalue weighted by molar-refractivity contribution is 0.276. The Kier molecular flexibility index (Phi) is 2.34. The third-order valence-electron chi connectivity index (χ3n) is 2.71. The van der Waals surface area contributed by atoms with Crippen LogP contribution in [-0.4, -0.2) is 19.5 Å². The molecule has 0 aliphatic carbocycles. The molecule has 0 aliphatic heterocycles. The molecule has 0 radical (unpaired) electrons. The maximum absolute atomic E-state index is 9.49. The standard InChI is InChI=1S/C13H11N3O/c17-9-11-13(10-4-3-6-14-8-10)15-12-5-1-2-7-16(11)12/h1-8,17H,9H2. The van der Waals surface area contributed by atoms with E-state index >= 15 is 0 Å². The Morgan fingerprint density at radius 2 is 2.12 bits per heavy atom. The monoisotopic (exact) mass is 225 g/mol. The molecule has 0 aliphatic rings. The van der Waals surface area contributed by atoms with Gasteiger partial charge in [0.25, 0.3) is 0 Å². The Bertz CT molecular complexity index is 646. The zero-order valence-corrected chi connectivity index (χ0v) is 9.11. The minimum absolute atomic E-state index is 0.0462. The second kappa shape index (κ2) is 3.99. The van der Waals surface area contributed by atoms with Crippen molar-refractivity contribution in [1.82, 2.24) is 14.4 Å². The summed E-state index contributed by atoms with van der Waals surface area (Å²) in [7, 11) is 0. The Balaban J connectivity index is 2.30. The van der Waals surface area contributed by atoms with Crippen LogP contribution in [0.4, 0.5) is 0 Å². The van der Waals surface area contributed by atoms with Gasteiger partial charge in [0.2, 0.25) is 0 Å². The lowest BCUT2D eigenvalue weighted by Crippen LogP contribution is -1.93. The van der Waals surface area contributed by atoms with Gasteiger partial charge >= 0.3 is 0 Å². The summed E-state index contributed by atoms with van der Waals surface area (Å²) in [5, 5.41) is 9.49. The van der Waals surface area contributed by atoms with Crippen LogP contribution in [0.25, 0.3) is 16.9 Å². The molecule has 3 rings (SSSR count). The molecule has 0 bridgehead atoms. The lowest BCUT2D eigenvalue weighted by atomic mass is 10.2. The third-order valence-corrected chi connectivity index (χ3v) is 2.71. The molecule has 3 heterocycles. The number of aromatic nitrogens is 3. The highest BCUT2D eigenvalue weighted by molar-refractivity contribution is 5.65. The molecule has 4 nitrogen and oxygen atoms in total. The van der Waals surface area contributed by atoms with Gasteiger partial charge in [-0.25, -0.2) is 4.98 Å². The Morgan fingerprint density at radius 1 is 1.18 bits per heavy atom. The predicted octanol–water partition coefficient (Wildman–Crippen LogP) is 1.89. The summed E-state index contributed by atoms with van der Waals surface area (Å²) in [5.74, 6) is 0. The van der Waals surface area contributed by atoms with Crippen LogP contribution in [0.1, 0.15) is 5.69 Å². The normalized spacial score (nSPS) is 10.9. The van der Waals surface area contributed by atoms with E-state index in [2.05, 4.69) is 9.97 Å². The molecule has 0 fully saturated rings. The molecule has 0 saturated heterocycles. The molecular formula is C13H11N3O. The second-order valence-electron chi connectivity index (χ2n) is 3.74. The molecule has 0 saturated carbocycles. The van der Waals surface area contributed by atoms with Gasteiger partial charge in [0, 0.05) is 24.2 Å². The van der Waals surface area contributed by atoms with Crippen LogP contribution in [0.3, 0.4) is 0 Å². The van der Waals surface area contributed by atoms with Crippen molar-refractivity contribution in [2.75, 3.05) is 0 Å². The van der Waals surface area contributed by atoms with Gasteiger partial charge in [0.05, 0.1) is 18.0 Å². The zero-order chi connectivity index (χ0) is 11.7. The predicted molar refractivity (Wildman–Crippen MR) is 64.3 cm³/mol. The van der Waals surface area contributed by atoms with E-state index in [4.69, 9.17) is 0 Å². The lowest BCUT2D eigenvalue weighted by Gasteiger charge is -2.00. The van der Waals surface area contributed by atoms with Gasteiger partial charge in [-0.1, -0.05) is 6.07 Å². The van der Waals surface area contributed by atoms with E-state index in [0.717, 1.165) is 22.6 Å². The molecule has 0 spiro atoms. The molecule has 0 amide bonds. The Morgan fingerprint density at radius 3 is 2.88 bits per heavy atom. The SMILES string of the molecule is OCc1c(-c2cccnc2)nc2ccccn12. The summed E-state index contributed by atoms with van der Waals surface area (Å²) in [6.45, 7) is -0.0462. The van der Waals surface area contributed by atoms with Gasteiger partial charge < -0.3 is 9.51 Å². The van der Waals surface area contributed by atoms with Crippen molar-refractivity contribution in [3.8, 4) is 11.3 Å². The maximum atomic E-state index is 9.49. The Labute approximate surface area is 98.2 Å². The van der Waals surface area contributed by atoms with Crippen molar-refractivity contribution in [1.29, 1.82) is 0 Å². The zero-order valence-electron chi connectivity index (χ0n) is 9.11. The average molecular weight is 225 g/mol. The first-order chi connectivity index (χ1) is 8.40. The number of fused-ring (bicyclic) bond motifs is 1. The van der Waals surface area contributed by atoms with Crippen molar-refractivity contribution in [2.45, 2.75) is 6.61 Å². The average Bonchev–Trinajstić information content (AvgIpc) is 2.78. The van der Waals surface area contributed by atoms with E-state index in [1.807, 2.05) is 40.9 Å². The van der Waals surface area contributed by atoms with E-state index in [9.17, 15) is 5.11 Å². The van der Waals surface area contributed by atoms with E-state index in [-0.39, 0.29) is 6.61 Å². The third kappa shape index (κ3) is 1.59. The fraction of sp³-hybridized carbons (Fsp3) is 0.0769. The smallest absolute Gasteiger partial charge is 0.137 e. The second-order valence-corrected chi connectivity index (χ2v) is 3.74. The molecule has 0 atom stereocenters. The van der Waals surface area contributed by atoms with E-state index < -0.39 is 0 Å². The Hall–Kier alpha value is -2.20. The fourth-order valence-corrected chi connectivity index (χ4v) is 1.93. The first-order valence-corrected chi connectivity index (χ1v) is 5.37. The number of rotatable bonds is 2. The van der Waals surface area contributed by atoms with E-state index in [0.29, 0.717) is 0 Å². The maximum Gasteiger partial charge on any atom is 0.137 e. The summed E-state index contributed by atoms with van der Waals surface area (Å²) in [6.07, 6.45) is 5.37. The van der Waals surface area contributed by atoms with Crippen LogP contribution in [0, 0.1) is 0 Å². The van der Waals surface area contributed by atoms with Crippen molar-refractivity contribution >= 4 is 5.65 Å². The van der Waals surface area contributed by atoms with Crippen molar-refractivity contribution < 1.29 is 5.11 Å². The van der Waals surface area contributed by atoms with E-state index in [1.54, 1.807) is 12.4 Å². The van der Waals surface area contributed by atoms with Crippen LogP contribution >= 0.6 is 0 Å². The molecular weight excluding hydrogens is 214 g/mol. The highest BCUT2D eigenvalue weighted by atomic mass is 16.3. The van der Waals surface area contributed by atoms with Crippen LogP contribution in [0.2, 0.25) is 0 Å². The van der Waals surface area contributed by atoms with Crippen molar-refractivity contribution in [3.63, 3.8) is 0 Å². The first kappa shape index (κ1) is 9.99. The number of imidazole rings is 1. The summed E-state index contributed by atoms with van der Waals surface area (Å²) in [4.78, 5) is 8.59. The fourth-order valence-electron chi connectivity index (χ4n) is 1.93. The number of hydrogen-bond donors (Lipinski definition) is 1. The van der Waals surface area contributed by atoms with Crippen LogP contribution in [0.15, 0.2) is 48.9 Å². The van der Waals surface area contributed by atoms with E-state index in [1.165, 1.54) is 0 Å². The highest BCUT2D eigenvalue weighted by Crippen LogP contribution is 2.23. The van der Waals surface area contributed by atoms with Crippen molar-refractivity contribution in [2.24, 2.45) is 0 Å². The van der Waals surface area contributed by atoms with Gasteiger partial charge in [-0.3, -0.25) is 4.98 Å². The molecule has 0 unspecified atom stereocenters. The van der Waals surface area contributed by atoms with Gasteiger partial charge in [-0.15, -0.1) is 0 Å². The molecule has 3 aromatic heterocycles. The quantitative estimate of drug-likeness (QED) is 0.724. The number of aliphatic hydroxyl groups excluding tert-OH is 1. The summed E-state index contributed by atoms with van der Waals surface area (Å²) in [6, 6.07) is 9.56. The largest absolute Gasteiger partial charge is 0.390 e. The minimum atomic E-state index is -0.0462. The number of aliphatic hydroxyl groups is 1. The number of hydrogen-bond acceptors (Lipinski definition) is 3. The summed E-state index contributed by atoms with van der Waals surface area (Å²) >= 11 is 0. The highest BCUT2D eigenvalue weighted by Gasteiger charge is 2.12. The molecule has 1 N–H and O–H groups in total. The van der Waals surface area contributed by atoms with Gasteiger partial charge in [0.15, 0.2) is 0 Å². The molecule has 4 heteroatoms. The number of pyridine rings is 2.